The Hall–Kier alpha value is -3.06. The average molecular weight is 378 g/mol. The quantitative estimate of drug-likeness (QED) is 0.730. The SMILES string of the molecule is CC1(O)CCC(n2cc(C(=O)Nc3ccncc3)c(=O)c3cccnc32)CC1. The lowest BCUT2D eigenvalue weighted by atomic mass is 9.83. The van der Waals surface area contributed by atoms with Crippen molar-refractivity contribution in [1.82, 2.24) is 14.5 Å². The van der Waals surface area contributed by atoms with Crippen LogP contribution in [0.5, 0.6) is 0 Å². The van der Waals surface area contributed by atoms with E-state index in [-0.39, 0.29) is 17.0 Å². The van der Waals surface area contributed by atoms with E-state index in [1.165, 1.54) is 0 Å². The second-order valence-electron chi connectivity index (χ2n) is 7.57. The van der Waals surface area contributed by atoms with Gasteiger partial charge in [0.15, 0.2) is 0 Å². The maximum Gasteiger partial charge on any atom is 0.261 e. The van der Waals surface area contributed by atoms with Gasteiger partial charge < -0.3 is 15.0 Å². The van der Waals surface area contributed by atoms with E-state index < -0.39 is 11.5 Å². The number of anilines is 1. The summed E-state index contributed by atoms with van der Waals surface area (Å²) in [5.74, 6) is -0.460. The monoisotopic (exact) mass is 378 g/mol. The third-order valence-electron chi connectivity index (χ3n) is 5.40. The fourth-order valence-corrected chi connectivity index (χ4v) is 3.76. The molecule has 0 atom stereocenters. The summed E-state index contributed by atoms with van der Waals surface area (Å²) in [5, 5.41) is 13.4. The molecule has 7 heteroatoms. The summed E-state index contributed by atoms with van der Waals surface area (Å²) in [5.41, 5.74) is 0.217. The molecule has 0 aliphatic heterocycles. The van der Waals surface area contributed by atoms with E-state index in [1.54, 1.807) is 49.1 Å². The number of hydrogen-bond donors (Lipinski definition) is 2. The van der Waals surface area contributed by atoms with Gasteiger partial charge in [-0.1, -0.05) is 0 Å². The third kappa shape index (κ3) is 3.53. The number of hydrogen-bond acceptors (Lipinski definition) is 5. The summed E-state index contributed by atoms with van der Waals surface area (Å²) >= 11 is 0. The lowest BCUT2D eigenvalue weighted by Crippen LogP contribution is -2.32. The van der Waals surface area contributed by atoms with Gasteiger partial charge in [-0.15, -0.1) is 0 Å². The summed E-state index contributed by atoms with van der Waals surface area (Å²) < 4.78 is 1.92. The number of carbonyl (C=O) groups excluding carboxylic acids is 1. The highest BCUT2D eigenvalue weighted by atomic mass is 16.3. The van der Waals surface area contributed by atoms with Gasteiger partial charge in [-0.25, -0.2) is 4.98 Å². The zero-order chi connectivity index (χ0) is 19.7. The molecule has 0 saturated heterocycles. The number of amides is 1. The first-order valence-corrected chi connectivity index (χ1v) is 9.38. The van der Waals surface area contributed by atoms with Crippen LogP contribution in [0, 0.1) is 0 Å². The van der Waals surface area contributed by atoms with Crippen molar-refractivity contribution in [2.75, 3.05) is 5.32 Å². The molecule has 1 amide bonds. The van der Waals surface area contributed by atoms with Crippen LogP contribution in [-0.4, -0.2) is 31.1 Å². The molecule has 0 unspecified atom stereocenters. The number of fused-ring (bicyclic) bond motifs is 1. The smallest absolute Gasteiger partial charge is 0.261 e. The average Bonchev–Trinajstić information content (AvgIpc) is 2.69. The molecule has 1 fully saturated rings. The number of nitrogens with zero attached hydrogens (tertiary/aromatic N) is 3. The highest BCUT2D eigenvalue weighted by Crippen LogP contribution is 2.35. The molecule has 0 radical (unpaired) electrons. The van der Waals surface area contributed by atoms with Gasteiger partial charge in [-0.3, -0.25) is 14.6 Å². The van der Waals surface area contributed by atoms with Crippen LogP contribution in [0.1, 0.15) is 49.0 Å². The molecule has 28 heavy (non-hydrogen) atoms. The lowest BCUT2D eigenvalue weighted by Gasteiger charge is -2.34. The second-order valence-corrected chi connectivity index (χ2v) is 7.57. The zero-order valence-electron chi connectivity index (χ0n) is 15.6. The molecular formula is C21H22N4O3. The largest absolute Gasteiger partial charge is 0.390 e. The summed E-state index contributed by atoms with van der Waals surface area (Å²) in [6, 6.07) is 6.81. The fourth-order valence-electron chi connectivity index (χ4n) is 3.76. The molecule has 0 bridgehead atoms. The van der Waals surface area contributed by atoms with Crippen molar-refractivity contribution in [2.24, 2.45) is 0 Å². The number of carbonyl (C=O) groups is 1. The molecule has 1 aliphatic rings. The van der Waals surface area contributed by atoms with Crippen molar-refractivity contribution in [1.29, 1.82) is 0 Å². The van der Waals surface area contributed by atoms with Gasteiger partial charge in [0.25, 0.3) is 5.91 Å². The highest BCUT2D eigenvalue weighted by Gasteiger charge is 2.30. The first kappa shape index (κ1) is 18.3. The molecule has 0 aromatic carbocycles. The summed E-state index contributed by atoms with van der Waals surface area (Å²) in [7, 11) is 0. The molecule has 1 aliphatic carbocycles. The number of pyridine rings is 3. The standard InChI is InChI=1S/C21H22N4O3/c1-21(28)8-4-15(5-9-21)25-13-17(18(26)16-3-2-10-23-19(16)25)20(27)24-14-6-11-22-12-7-14/h2-3,6-7,10-13,15,28H,4-5,8-9H2,1H3,(H,22,24,27). The van der Waals surface area contributed by atoms with Crippen LogP contribution in [0.15, 0.2) is 53.8 Å². The minimum atomic E-state index is -0.666. The van der Waals surface area contributed by atoms with Crippen LogP contribution < -0.4 is 10.7 Å². The minimum Gasteiger partial charge on any atom is -0.390 e. The van der Waals surface area contributed by atoms with Gasteiger partial charge >= 0.3 is 0 Å². The van der Waals surface area contributed by atoms with Gasteiger partial charge in [0.05, 0.1) is 11.0 Å². The van der Waals surface area contributed by atoms with Crippen molar-refractivity contribution in [3.63, 3.8) is 0 Å². The fraction of sp³-hybridized carbons (Fsp3) is 0.333. The molecule has 7 nitrogen and oxygen atoms in total. The van der Waals surface area contributed by atoms with E-state index in [4.69, 9.17) is 0 Å². The Bertz CT molecular complexity index is 1070. The van der Waals surface area contributed by atoms with Crippen LogP contribution in [0.3, 0.4) is 0 Å². The number of aliphatic hydroxyl groups is 1. The number of aromatic nitrogens is 3. The second kappa shape index (κ2) is 7.16. The summed E-state index contributed by atoms with van der Waals surface area (Å²) in [6.07, 6.45) is 9.25. The highest BCUT2D eigenvalue weighted by molar-refractivity contribution is 6.05. The van der Waals surface area contributed by atoms with Gasteiger partial charge in [-0.2, -0.15) is 0 Å². The predicted octanol–water partition coefficient (Wildman–Crippen LogP) is 2.91. The van der Waals surface area contributed by atoms with Crippen LogP contribution in [0.25, 0.3) is 11.0 Å². The maximum absolute atomic E-state index is 12.9. The predicted molar refractivity (Wildman–Crippen MR) is 106 cm³/mol. The van der Waals surface area contributed by atoms with E-state index in [0.717, 1.165) is 12.8 Å². The molecule has 0 spiro atoms. The van der Waals surface area contributed by atoms with Crippen molar-refractivity contribution in [2.45, 2.75) is 44.2 Å². The van der Waals surface area contributed by atoms with E-state index in [2.05, 4.69) is 15.3 Å². The van der Waals surface area contributed by atoms with Gasteiger partial charge in [-0.05, 0) is 56.9 Å². The van der Waals surface area contributed by atoms with Crippen molar-refractivity contribution < 1.29 is 9.90 Å². The van der Waals surface area contributed by atoms with Crippen LogP contribution >= 0.6 is 0 Å². The lowest BCUT2D eigenvalue weighted by molar-refractivity contribution is 0.0103. The molecule has 3 aromatic heterocycles. The molecular weight excluding hydrogens is 356 g/mol. The van der Waals surface area contributed by atoms with Crippen molar-refractivity contribution >= 4 is 22.6 Å². The van der Waals surface area contributed by atoms with E-state index in [0.29, 0.717) is 29.6 Å². The normalized spacial score (nSPS) is 22.1. The first-order chi connectivity index (χ1) is 13.4. The van der Waals surface area contributed by atoms with E-state index >= 15 is 0 Å². The van der Waals surface area contributed by atoms with Crippen molar-refractivity contribution in [3.05, 3.63) is 64.8 Å². The summed E-state index contributed by atoms with van der Waals surface area (Å²) in [6.45, 7) is 1.85. The van der Waals surface area contributed by atoms with Crippen LogP contribution in [0.4, 0.5) is 5.69 Å². The van der Waals surface area contributed by atoms with Gasteiger partial charge in [0, 0.05) is 36.5 Å². The number of nitrogens with one attached hydrogen (secondary N) is 1. The third-order valence-corrected chi connectivity index (χ3v) is 5.40. The van der Waals surface area contributed by atoms with Gasteiger partial charge in [0.2, 0.25) is 5.43 Å². The maximum atomic E-state index is 12.9. The Kier molecular flexibility index (Phi) is 4.68. The summed E-state index contributed by atoms with van der Waals surface area (Å²) in [4.78, 5) is 34.1. The Balaban J connectivity index is 1.76. The van der Waals surface area contributed by atoms with Gasteiger partial charge in [0.1, 0.15) is 11.2 Å². The Morgan fingerprint density at radius 1 is 1.21 bits per heavy atom. The molecule has 3 aromatic rings. The number of rotatable bonds is 3. The van der Waals surface area contributed by atoms with Crippen LogP contribution in [0.2, 0.25) is 0 Å². The van der Waals surface area contributed by atoms with E-state index in [9.17, 15) is 14.7 Å². The first-order valence-electron chi connectivity index (χ1n) is 9.38. The topological polar surface area (TPSA) is 97.1 Å². The van der Waals surface area contributed by atoms with Crippen LogP contribution in [-0.2, 0) is 0 Å². The zero-order valence-corrected chi connectivity index (χ0v) is 15.6. The molecule has 3 heterocycles. The Labute approximate surface area is 162 Å². The Morgan fingerprint density at radius 2 is 1.93 bits per heavy atom. The van der Waals surface area contributed by atoms with E-state index in [1.807, 2.05) is 11.5 Å². The molecule has 1 saturated carbocycles. The Morgan fingerprint density at radius 3 is 2.64 bits per heavy atom. The minimum absolute atomic E-state index is 0.0747. The molecule has 4 rings (SSSR count). The molecule has 2 N–H and O–H groups in total. The van der Waals surface area contributed by atoms with Crippen molar-refractivity contribution in [3.8, 4) is 0 Å². The molecule has 144 valence electrons.